The van der Waals surface area contributed by atoms with Crippen LogP contribution in [-0.2, 0) is 7.05 Å². The Hall–Kier alpha value is -3.00. The van der Waals surface area contributed by atoms with Gasteiger partial charge >= 0.3 is 0 Å². The Morgan fingerprint density at radius 3 is 2.77 bits per heavy atom. The highest BCUT2D eigenvalue weighted by atomic mass is 79.9. The third-order valence-electron chi connectivity index (χ3n) is 4.09. The summed E-state index contributed by atoms with van der Waals surface area (Å²) in [6, 6.07) is 11.1. The predicted octanol–water partition coefficient (Wildman–Crippen LogP) is 3.86. The standard InChI is InChI=1S/C18H11BrFN3O3/c1-23-13-7-6-9(20)8-11(13)15(24)14(18(23)25)17-21-16(22-26-17)10-4-2-3-5-12(10)19/h2-8,24H,1H3. The molecular weight excluding hydrogens is 405 g/mol. The van der Waals surface area contributed by atoms with Crippen LogP contribution in [-0.4, -0.2) is 19.8 Å². The van der Waals surface area contributed by atoms with Gasteiger partial charge < -0.3 is 14.2 Å². The number of fused-ring (bicyclic) bond motifs is 1. The van der Waals surface area contributed by atoms with E-state index in [-0.39, 0.29) is 22.7 Å². The van der Waals surface area contributed by atoms with Gasteiger partial charge in [0.05, 0.1) is 5.52 Å². The van der Waals surface area contributed by atoms with Crippen LogP contribution in [0.15, 0.2) is 56.3 Å². The molecule has 1 N–H and O–H groups in total. The van der Waals surface area contributed by atoms with E-state index in [4.69, 9.17) is 4.52 Å². The van der Waals surface area contributed by atoms with Gasteiger partial charge in [-0.25, -0.2) is 4.39 Å². The predicted molar refractivity (Wildman–Crippen MR) is 97.2 cm³/mol. The number of hydrogen-bond donors (Lipinski definition) is 1. The van der Waals surface area contributed by atoms with Gasteiger partial charge in [0.15, 0.2) is 0 Å². The molecular formula is C18H11BrFN3O3. The van der Waals surface area contributed by atoms with Crippen LogP contribution < -0.4 is 5.56 Å². The highest BCUT2D eigenvalue weighted by Crippen LogP contribution is 2.34. The Morgan fingerprint density at radius 2 is 2.00 bits per heavy atom. The van der Waals surface area contributed by atoms with Gasteiger partial charge in [0.2, 0.25) is 5.82 Å². The summed E-state index contributed by atoms with van der Waals surface area (Å²) in [7, 11) is 1.52. The molecule has 0 atom stereocenters. The molecule has 0 aliphatic carbocycles. The lowest BCUT2D eigenvalue weighted by Crippen LogP contribution is -2.19. The normalized spacial score (nSPS) is 11.2. The smallest absolute Gasteiger partial charge is 0.267 e. The number of pyridine rings is 1. The summed E-state index contributed by atoms with van der Waals surface area (Å²) in [6.07, 6.45) is 0. The summed E-state index contributed by atoms with van der Waals surface area (Å²) in [5.41, 5.74) is 0.370. The monoisotopic (exact) mass is 415 g/mol. The van der Waals surface area contributed by atoms with E-state index in [1.165, 1.54) is 23.7 Å². The van der Waals surface area contributed by atoms with Crippen LogP contribution in [0.3, 0.4) is 0 Å². The van der Waals surface area contributed by atoms with E-state index in [1.54, 1.807) is 6.07 Å². The number of halogens is 2. The molecule has 26 heavy (non-hydrogen) atoms. The van der Waals surface area contributed by atoms with Crippen LogP contribution in [0.4, 0.5) is 4.39 Å². The Bertz CT molecular complexity index is 1220. The van der Waals surface area contributed by atoms with E-state index >= 15 is 0 Å². The number of aryl methyl sites for hydroxylation is 1. The second kappa shape index (κ2) is 6.06. The van der Waals surface area contributed by atoms with Crippen molar-refractivity contribution < 1.29 is 14.0 Å². The maximum Gasteiger partial charge on any atom is 0.267 e. The van der Waals surface area contributed by atoms with Crippen molar-refractivity contribution in [3.63, 3.8) is 0 Å². The molecule has 0 fully saturated rings. The molecule has 0 saturated heterocycles. The third kappa shape index (κ3) is 2.50. The first-order chi connectivity index (χ1) is 12.5. The Labute approximate surface area is 154 Å². The highest BCUT2D eigenvalue weighted by molar-refractivity contribution is 9.10. The lowest BCUT2D eigenvalue weighted by molar-refractivity contribution is 0.425. The van der Waals surface area contributed by atoms with Crippen LogP contribution in [0, 0.1) is 5.82 Å². The number of benzene rings is 2. The number of hydrogen-bond acceptors (Lipinski definition) is 5. The molecule has 0 bridgehead atoms. The van der Waals surface area contributed by atoms with Crippen LogP contribution in [0.25, 0.3) is 33.7 Å². The summed E-state index contributed by atoms with van der Waals surface area (Å²) in [5, 5.41) is 14.6. The van der Waals surface area contributed by atoms with Gasteiger partial charge in [-0.15, -0.1) is 0 Å². The minimum Gasteiger partial charge on any atom is -0.506 e. The van der Waals surface area contributed by atoms with Crippen molar-refractivity contribution in [2.24, 2.45) is 7.05 Å². The summed E-state index contributed by atoms with van der Waals surface area (Å²) >= 11 is 3.40. The lowest BCUT2D eigenvalue weighted by atomic mass is 10.1. The van der Waals surface area contributed by atoms with Crippen molar-refractivity contribution in [3.8, 4) is 28.6 Å². The summed E-state index contributed by atoms with van der Waals surface area (Å²) in [5.74, 6) is -0.810. The van der Waals surface area contributed by atoms with Gasteiger partial charge in [0.25, 0.3) is 11.4 Å². The van der Waals surface area contributed by atoms with Gasteiger partial charge in [0.1, 0.15) is 17.1 Å². The van der Waals surface area contributed by atoms with Gasteiger partial charge in [-0.05, 0) is 30.3 Å². The molecule has 4 aromatic rings. The van der Waals surface area contributed by atoms with Crippen LogP contribution in [0.1, 0.15) is 0 Å². The number of aromatic hydroxyl groups is 1. The average Bonchev–Trinajstić information content (AvgIpc) is 3.10. The first kappa shape index (κ1) is 16.5. The fourth-order valence-corrected chi connectivity index (χ4v) is 3.24. The fraction of sp³-hybridized carbons (Fsp3) is 0.0556. The van der Waals surface area contributed by atoms with Crippen molar-refractivity contribution >= 4 is 26.8 Å². The zero-order chi connectivity index (χ0) is 18.4. The van der Waals surface area contributed by atoms with Crippen LogP contribution >= 0.6 is 15.9 Å². The lowest BCUT2D eigenvalue weighted by Gasteiger charge is -2.09. The Morgan fingerprint density at radius 1 is 1.23 bits per heavy atom. The number of rotatable bonds is 2. The highest BCUT2D eigenvalue weighted by Gasteiger charge is 2.22. The van der Waals surface area contributed by atoms with Gasteiger partial charge in [0, 0.05) is 22.5 Å². The fourth-order valence-electron chi connectivity index (χ4n) is 2.77. The van der Waals surface area contributed by atoms with Crippen molar-refractivity contribution in [2.75, 3.05) is 0 Å². The molecule has 4 rings (SSSR count). The molecule has 0 unspecified atom stereocenters. The molecule has 0 saturated carbocycles. The molecule has 2 aromatic heterocycles. The summed E-state index contributed by atoms with van der Waals surface area (Å²) < 4.78 is 20.9. The SMILES string of the molecule is Cn1c(=O)c(-c2nc(-c3ccccc3Br)no2)c(O)c2cc(F)ccc21. The van der Waals surface area contributed by atoms with Crippen LogP contribution in [0.5, 0.6) is 5.75 Å². The molecule has 0 aliphatic rings. The van der Waals surface area contributed by atoms with E-state index in [0.717, 1.165) is 10.5 Å². The first-order valence-corrected chi connectivity index (χ1v) is 8.37. The molecule has 8 heteroatoms. The molecule has 2 heterocycles. The summed E-state index contributed by atoms with van der Waals surface area (Å²) in [6.45, 7) is 0. The van der Waals surface area contributed by atoms with E-state index in [9.17, 15) is 14.3 Å². The topological polar surface area (TPSA) is 81.2 Å². The third-order valence-corrected chi connectivity index (χ3v) is 4.78. The molecule has 130 valence electrons. The van der Waals surface area contributed by atoms with E-state index in [0.29, 0.717) is 11.1 Å². The van der Waals surface area contributed by atoms with Crippen molar-refractivity contribution in [3.05, 3.63) is 63.1 Å². The quantitative estimate of drug-likeness (QED) is 0.537. The van der Waals surface area contributed by atoms with E-state index in [2.05, 4.69) is 26.1 Å². The average molecular weight is 416 g/mol. The van der Waals surface area contributed by atoms with Crippen LogP contribution in [0.2, 0.25) is 0 Å². The Kier molecular flexibility index (Phi) is 3.84. The molecule has 0 spiro atoms. The molecule has 0 radical (unpaired) electrons. The van der Waals surface area contributed by atoms with Crippen molar-refractivity contribution in [2.45, 2.75) is 0 Å². The molecule has 0 aliphatic heterocycles. The van der Waals surface area contributed by atoms with Crippen molar-refractivity contribution in [1.29, 1.82) is 0 Å². The number of aromatic nitrogens is 3. The molecule has 6 nitrogen and oxygen atoms in total. The van der Waals surface area contributed by atoms with Crippen molar-refractivity contribution in [1.82, 2.24) is 14.7 Å². The minimum atomic E-state index is -0.531. The summed E-state index contributed by atoms with van der Waals surface area (Å²) in [4.78, 5) is 16.9. The molecule has 0 amide bonds. The van der Waals surface area contributed by atoms with E-state index in [1.807, 2.05) is 18.2 Å². The maximum atomic E-state index is 13.6. The van der Waals surface area contributed by atoms with Gasteiger partial charge in [-0.3, -0.25) is 4.79 Å². The molecule has 2 aromatic carbocycles. The zero-order valence-corrected chi connectivity index (χ0v) is 15.0. The largest absolute Gasteiger partial charge is 0.506 e. The van der Waals surface area contributed by atoms with Gasteiger partial charge in [-0.1, -0.05) is 33.2 Å². The zero-order valence-electron chi connectivity index (χ0n) is 13.4. The second-order valence-electron chi connectivity index (χ2n) is 5.65. The minimum absolute atomic E-state index is 0.139. The number of nitrogens with zero attached hydrogens (tertiary/aromatic N) is 3. The second-order valence-corrected chi connectivity index (χ2v) is 6.51. The van der Waals surface area contributed by atoms with E-state index < -0.39 is 17.1 Å². The van der Waals surface area contributed by atoms with Gasteiger partial charge in [-0.2, -0.15) is 4.98 Å². The maximum absolute atomic E-state index is 13.6. The first-order valence-electron chi connectivity index (χ1n) is 7.57. The Balaban J connectivity index is 1.96.